The van der Waals surface area contributed by atoms with Crippen molar-refractivity contribution >= 4 is 48.6 Å². The van der Waals surface area contributed by atoms with Crippen LogP contribution in [-0.4, -0.2) is 0 Å². The number of benzene rings is 12. The van der Waals surface area contributed by atoms with Gasteiger partial charge in [0.25, 0.3) is 0 Å². The van der Waals surface area contributed by atoms with Gasteiger partial charge in [-0.25, -0.2) is 0 Å². The molecule has 0 atom stereocenters. The van der Waals surface area contributed by atoms with Crippen molar-refractivity contribution in [3.8, 4) is 66.8 Å². The third-order valence-corrected chi connectivity index (χ3v) is 18.2. The summed E-state index contributed by atoms with van der Waals surface area (Å²) in [6, 6.07) is 107. The van der Waals surface area contributed by atoms with Crippen molar-refractivity contribution in [2.24, 2.45) is 0 Å². The predicted molar refractivity (Wildman–Crippen MR) is 331 cm³/mol. The molecular weight excluding hydrogens is 959 g/mol. The third-order valence-electron chi connectivity index (χ3n) is 17.0. The van der Waals surface area contributed by atoms with Crippen molar-refractivity contribution in [2.45, 2.75) is 24.7 Å². The molecular formula is C76H53NS. The van der Waals surface area contributed by atoms with Gasteiger partial charge in [0.05, 0.1) is 5.41 Å². The second-order valence-electron chi connectivity index (χ2n) is 21.5. The number of rotatable bonds is 7. The molecule has 15 rings (SSSR count). The largest absolute Gasteiger partial charge is 0.310 e. The van der Waals surface area contributed by atoms with Crippen LogP contribution in [0.25, 0.3) is 86.9 Å². The van der Waals surface area contributed by atoms with E-state index in [-0.39, 0.29) is 5.41 Å². The van der Waals surface area contributed by atoms with Crippen LogP contribution in [0.3, 0.4) is 0 Å². The molecule has 2 heteroatoms. The highest BCUT2D eigenvalue weighted by molar-refractivity contribution is 7.25. The summed E-state index contributed by atoms with van der Waals surface area (Å²) in [5.74, 6) is 0. The summed E-state index contributed by atoms with van der Waals surface area (Å²) in [6.07, 6.45) is 0. The van der Waals surface area contributed by atoms with E-state index in [4.69, 9.17) is 0 Å². The Labute approximate surface area is 460 Å². The second kappa shape index (κ2) is 18.2. The van der Waals surface area contributed by atoms with Gasteiger partial charge in [-0.1, -0.05) is 238 Å². The molecule has 2 aliphatic carbocycles. The minimum Gasteiger partial charge on any atom is -0.310 e. The van der Waals surface area contributed by atoms with Crippen LogP contribution in [0.5, 0.6) is 0 Å². The quantitative estimate of drug-likeness (QED) is 0.154. The molecule has 0 amide bonds. The fourth-order valence-electron chi connectivity index (χ4n) is 13.3. The van der Waals surface area contributed by atoms with E-state index in [1.54, 1.807) is 0 Å². The van der Waals surface area contributed by atoms with E-state index in [0.717, 1.165) is 28.2 Å². The molecule has 1 nitrogen and oxygen atoms in total. The summed E-state index contributed by atoms with van der Waals surface area (Å²) >= 11 is 1.86. The topological polar surface area (TPSA) is 3.24 Å². The highest BCUT2D eigenvalue weighted by atomic mass is 32.1. The number of nitrogens with zero attached hydrogens (tertiary/aromatic N) is 1. The van der Waals surface area contributed by atoms with E-state index < -0.39 is 5.41 Å². The highest BCUT2D eigenvalue weighted by Crippen LogP contribution is 2.56. The lowest BCUT2D eigenvalue weighted by molar-refractivity contribution is 0.660. The van der Waals surface area contributed by atoms with E-state index in [0.29, 0.717) is 0 Å². The molecule has 0 aliphatic heterocycles. The minimum atomic E-state index is -0.647. The first-order chi connectivity index (χ1) is 38.4. The summed E-state index contributed by atoms with van der Waals surface area (Å²) in [5.41, 5.74) is 24.9. The Kier molecular flexibility index (Phi) is 10.7. The van der Waals surface area contributed by atoms with Gasteiger partial charge in [0, 0.05) is 42.6 Å². The van der Waals surface area contributed by atoms with Gasteiger partial charge in [-0.15, -0.1) is 11.3 Å². The first-order valence-electron chi connectivity index (χ1n) is 27.1. The fraction of sp³-hybridized carbons (Fsp3) is 0.0526. The van der Waals surface area contributed by atoms with Gasteiger partial charge in [-0.05, 0) is 161 Å². The molecule has 12 aromatic carbocycles. The molecule has 1 aromatic heterocycles. The first-order valence-corrected chi connectivity index (χ1v) is 28.0. The maximum Gasteiger partial charge on any atom is 0.0713 e. The molecule has 0 radical (unpaired) electrons. The van der Waals surface area contributed by atoms with Crippen LogP contribution in [0.2, 0.25) is 0 Å². The molecule has 0 unspecified atom stereocenters. The van der Waals surface area contributed by atoms with Gasteiger partial charge in [-0.3, -0.25) is 0 Å². The zero-order valence-electron chi connectivity index (χ0n) is 43.5. The van der Waals surface area contributed by atoms with Crippen molar-refractivity contribution in [1.82, 2.24) is 0 Å². The third kappa shape index (κ3) is 7.14. The normalized spacial score (nSPS) is 13.5. The average molecular weight is 1010 g/mol. The summed E-state index contributed by atoms with van der Waals surface area (Å²) in [6.45, 7) is 4.73. The Balaban J connectivity index is 0.880. The van der Waals surface area contributed by atoms with Crippen LogP contribution < -0.4 is 4.90 Å². The average Bonchev–Trinajstić information content (AvgIpc) is 4.18. The van der Waals surface area contributed by atoms with E-state index >= 15 is 0 Å². The smallest absolute Gasteiger partial charge is 0.0713 e. The van der Waals surface area contributed by atoms with Gasteiger partial charge < -0.3 is 4.90 Å². The van der Waals surface area contributed by atoms with Gasteiger partial charge in [0.15, 0.2) is 0 Å². The number of hydrogen-bond acceptors (Lipinski definition) is 2. The Morgan fingerprint density at radius 3 is 1.31 bits per heavy atom. The van der Waals surface area contributed by atoms with E-state index in [1.165, 1.54) is 109 Å². The molecule has 368 valence electrons. The molecule has 0 saturated carbocycles. The Bertz CT molecular complexity index is 4410. The second-order valence-corrected chi connectivity index (χ2v) is 22.6. The fourth-order valence-corrected chi connectivity index (χ4v) is 14.4. The molecule has 2 aliphatic rings. The van der Waals surface area contributed by atoms with Crippen molar-refractivity contribution in [3.63, 3.8) is 0 Å². The van der Waals surface area contributed by atoms with E-state index in [2.05, 4.69) is 304 Å². The Morgan fingerprint density at radius 2 is 0.679 bits per heavy atom. The molecule has 13 aromatic rings. The van der Waals surface area contributed by atoms with E-state index in [9.17, 15) is 0 Å². The SMILES string of the molecule is CC1(C)c2ccccc2-c2ccc(N(c3ccc(-c4ccc5c(c4)-c4ccccc4C(c4ccccc4)(c4ccccc4)c4ccccc4-c4ccccc4-5)cc3)c3ccc(-c4ccc5sc6ccccc6c5c4)cc3)cc21. The van der Waals surface area contributed by atoms with Crippen LogP contribution in [0.4, 0.5) is 17.1 Å². The molecule has 0 bridgehead atoms. The van der Waals surface area contributed by atoms with Gasteiger partial charge in [-0.2, -0.15) is 0 Å². The van der Waals surface area contributed by atoms with Crippen LogP contribution in [0, 0.1) is 0 Å². The lowest BCUT2D eigenvalue weighted by Gasteiger charge is -2.39. The lowest BCUT2D eigenvalue weighted by atomic mass is 9.62. The molecule has 78 heavy (non-hydrogen) atoms. The van der Waals surface area contributed by atoms with Crippen LogP contribution in [-0.2, 0) is 10.8 Å². The van der Waals surface area contributed by atoms with Crippen LogP contribution in [0.1, 0.15) is 47.2 Å². The highest BCUT2D eigenvalue weighted by Gasteiger charge is 2.43. The summed E-state index contributed by atoms with van der Waals surface area (Å²) in [5, 5.41) is 2.63. The Hall–Kier alpha value is -9.34. The van der Waals surface area contributed by atoms with Crippen molar-refractivity contribution in [1.29, 1.82) is 0 Å². The van der Waals surface area contributed by atoms with Crippen LogP contribution in [0.15, 0.2) is 285 Å². The first kappa shape index (κ1) is 46.0. The molecule has 1 heterocycles. The van der Waals surface area contributed by atoms with Gasteiger partial charge in [0.1, 0.15) is 0 Å². The maximum absolute atomic E-state index is 2.45. The standard InChI is InChI=1S/C76H53NS/c1-75(2)69-29-15-11-26-63(69)65-45-43-58(49-72(65)75)77(57-41-35-51(36-42-57)53-38-46-74-68(48-53)66-28-14-18-32-73(66)78-74)56-39-33-50(34-40-56)52-37-44-61-59-23-9-10-24-60(59)62-25-12-16-30-70(62)76(54-19-5-3-6-20-54,55-21-7-4-8-22-55)71-31-17-13-27-64(71)67(61)47-52/h3-49H,1-2H3. The molecule has 0 saturated heterocycles. The van der Waals surface area contributed by atoms with Gasteiger partial charge in [0.2, 0.25) is 0 Å². The maximum atomic E-state index is 2.45. The number of anilines is 3. The van der Waals surface area contributed by atoms with Crippen molar-refractivity contribution in [3.05, 3.63) is 318 Å². The van der Waals surface area contributed by atoms with Gasteiger partial charge >= 0.3 is 0 Å². The lowest BCUT2D eigenvalue weighted by Crippen LogP contribution is -2.32. The number of thiophene rings is 1. The molecule has 0 spiro atoms. The Morgan fingerprint density at radius 1 is 0.269 bits per heavy atom. The van der Waals surface area contributed by atoms with E-state index in [1.807, 2.05) is 11.3 Å². The minimum absolute atomic E-state index is 0.140. The van der Waals surface area contributed by atoms with Crippen molar-refractivity contribution in [2.75, 3.05) is 4.90 Å². The monoisotopic (exact) mass is 1010 g/mol. The predicted octanol–water partition coefficient (Wildman–Crippen LogP) is 20.9. The summed E-state index contributed by atoms with van der Waals surface area (Å²) in [4.78, 5) is 2.43. The zero-order chi connectivity index (χ0) is 52.0. The number of fused-ring (bicyclic) bond motifs is 13. The zero-order valence-corrected chi connectivity index (χ0v) is 44.3. The molecule has 0 N–H and O–H groups in total. The summed E-state index contributed by atoms with van der Waals surface area (Å²) < 4.78 is 2.64. The van der Waals surface area contributed by atoms with Crippen LogP contribution >= 0.6 is 11.3 Å². The summed E-state index contributed by atoms with van der Waals surface area (Å²) in [7, 11) is 0. The number of hydrogen-bond donors (Lipinski definition) is 0. The molecule has 0 fully saturated rings. The van der Waals surface area contributed by atoms with Crippen molar-refractivity contribution < 1.29 is 0 Å².